The number of nitrogens with zero attached hydrogens (tertiary/aromatic N) is 1. The number of carbonyl (C=O) groups excluding carboxylic acids is 1. The fourth-order valence-corrected chi connectivity index (χ4v) is 0.610. The number of hydrogen-bond acceptors (Lipinski definition) is 4. The number of ether oxygens (including phenoxy) is 1. The van der Waals surface area contributed by atoms with E-state index in [-0.39, 0.29) is 0 Å². The van der Waals surface area contributed by atoms with Crippen molar-refractivity contribution in [1.29, 1.82) is 0 Å². The van der Waals surface area contributed by atoms with E-state index in [1.54, 1.807) is 0 Å². The van der Waals surface area contributed by atoms with E-state index in [1.165, 1.54) is 13.4 Å². The smallest absolute Gasteiger partial charge is 0.155 e. The quantitative estimate of drug-likeness (QED) is 0.579. The lowest BCUT2D eigenvalue weighted by Crippen LogP contribution is -1.91. The second kappa shape index (κ2) is 3.12. The van der Waals surface area contributed by atoms with E-state index in [4.69, 9.17) is 4.74 Å². The molecule has 0 fully saturated rings. The number of rotatable bonds is 3. The Balaban J connectivity index is 2.79. The van der Waals surface area contributed by atoms with Crippen LogP contribution in [0.2, 0.25) is 0 Å². The number of carbonyl (C=O) groups is 1. The number of hydrogen-bond donors (Lipinski definition) is 0. The molecule has 1 heterocycles. The van der Waals surface area contributed by atoms with Crippen LogP contribution in [0, 0.1) is 0 Å². The Hall–Kier alpha value is -1.16. The van der Waals surface area contributed by atoms with Gasteiger partial charge in [-0.15, -0.1) is 0 Å². The predicted molar refractivity (Wildman–Crippen MR) is 32.6 cm³/mol. The molecule has 0 bridgehead atoms. The molecule has 1 rings (SSSR count). The molecule has 0 aromatic carbocycles. The van der Waals surface area contributed by atoms with Gasteiger partial charge in [0.05, 0.1) is 12.2 Å². The van der Waals surface area contributed by atoms with Gasteiger partial charge in [-0.2, -0.15) is 0 Å². The minimum absolute atomic E-state index is 0.310. The summed E-state index contributed by atoms with van der Waals surface area (Å²) in [5.41, 5.74) is 0.986. The van der Waals surface area contributed by atoms with Crippen LogP contribution in [0.4, 0.5) is 0 Å². The molecule has 0 saturated carbocycles. The van der Waals surface area contributed by atoms with Gasteiger partial charge < -0.3 is 9.26 Å². The van der Waals surface area contributed by atoms with Crippen molar-refractivity contribution in [2.75, 3.05) is 7.11 Å². The number of aldehydes is 1. The van der Waals surface area contributed by atoms with E-state index < -0.39 is 0 Å². The standard InChI is InChI=1S/C6H7NO3/c1-9-4-6-5(2-8)3-10-7-6/h2-3H,4H2,1H3. The summed E-state index contributed by atoms with van der Waals surface area (Å²) in [6, 6.07) is 0. The van der Waals surface area contributed by atoms with E-state index in [2.05, 4.69) is 9.68 Å². The largest absolute Gasteiger partial charge is 0.378 e. The molecule has 0 aliphatic carbocycles. The van der Waals surface area contributed by atoms with Crippen LogP contribution in [0.1, 0.15) is 16.1 Å². The third kappa shape index (κ3) is 1.22. The van der Waals surface area contributed by atoms with Gasteiger partial charge in [-0.1, -0.05) is 5.16 Å². The summed E-state index contributed by atoms with van der Waals surface area (Å²) < 4.78 is 9.28. The average Bonchev–Trinajstić information content (AvgIpc) is 2.36. The minimum Gasteiger partial charge on any atom is -0.378 e. The first-order chi connectivity index (χ1) is 4.88. The molecule has 10 heavy (non-hydrogen) atoms. The Kier molecular flexibility index (Phi) is 2.17. The van der Waals surface area contributed by atoms with E-state index in [0.717, 1.165) is 0 Å². The van der Waals surface area contributed by atoms with Gasteiger partial charge >= 0.3 is 0 Å². The van der Waals surface area contributed by atoms with E-state index in [9.17, 15) is 4.79 Å². The van der Waals surface area contributed by atoms with Gasteiger partial charge in [0, 0.05) is 7.11 Å². The van der Waals surface area contributed by atoms with Gasteiger partial charge in [0.15, 0.2) is 6.29 Å². The molecular formula is C6H7NO3. The van der Waals surface area contributed by atoms with Crippen LogP contribution < -0.4 is 0 Å². The molecule has 0 N–H and O–H groups in total. The van der Waals surface area contributed by atoms with Crippen LogP contribution in [0.15, 0.2) is 10.8 Å². The van der Waals surface area contributed by atoms with Crippen molar-refractivity contribution in [1.82, 2.24) is 5.16 Å². The average molecular weight is 141 g/mol. The summed E-state index contributed by atoms with van der Waals surface area (Å²) in [5, 5.41) is 3.55. The number of aromatic nitrogens is 1. The molecule has 0 atom stereocenters. The molecule has 1 aromatic rings. The van der Waals surface area contributed by atoms with Crippen LogP contribution in [-0.4, -0.2) is 18.6 Å². The van der Waals surface area contributed by atoms with Gasteiger partial charge in [0.1, 0.15) is 12.0 Å². The fourth-order valence-electron chi connectivity index (χ4n) is 0.610. The molecule has 0 spiro atoms. The van der Waals surface area contributed by atoms with Crippen molar-refractivity contribution >= 4 is 6.29 Å². The van der Waals surface area contributed by atoms with Crippen LogP contribution in [-0.2, 0) is 11.3 Å². The molecule has 0 aliphatic rings. The summed E-state index contributed by atoms with van der Waals surface area (Å²) in [6.45, 7) is 0.310. The van der Waals surface area contributed by atoms with E-state index in [1.807, 2.05) is 0 Å². The van der Waals surface area contributed by atoms with Gasteiger partial charge in [-0.25, -0.2) is 0 Å². The number of methoxy groups -OCH3 is 1. The van der Waals surface area contributed by atoms with Crippen molar-refractivity contribution in [2.45, 2.75) is 6.61 Å². The topological polar surface area (TPSA) is 52.3 Å². The maximum absolute atomic E-state index is 10.2. The van der Waals surface area contributed by atoms with Crippen molar-refractivity contribution in [3.63, 3.8) is 0 Å². The third-order valence-electron chi connectivity index (χ3n) is 1.08. The second-order valence-electron chi connectivity index (χ2n) is 1.77. The highest BCUT2D eigenvalue weighted by Gasteiger charge is 2.04. The monoisotopic (exact) mass is 141 g/mol. The highest BCUT2D eigenvalue weighted by atomic mass is 16.5. The van der Waals surface area contributed by atoms with Gasteiger partial charge in [-0.05, 0) is 0 Å². The van der Waals surface area contributed by atoms with Crippen LogP contribution >= 0.6 is 0 Å². The first-order valence-electron chi connectivity index (χ1n) is 2.76. The van der Waals surface area contributed by atoms with Crippen LogP contribution in [0.3, 0.4) is 0 Å². The Bertz CT molecular complexity index is 219. The molecule has 4 nitrogen and oxygen atoms in total. The fraction of sp³-hybridized carbons (Fsp3) is 0.333. The summed E-state index contributed by atoms with van der Waals surface area (Å²) in [7, 11) is 1.53. The maximum atomic E-state index is 10.2. The third-order valence-corrected chi connectivity index (χ3v) is 1.08. The SMILES string of the molecule is COCc1nocc1C=O. The molecule has 0 radical (unpaired) electrons. The Morgan fingerprint density at radius 2 is 2.70 bits per heavy atom. The van der Waals surface area contributed by atoms with Crippen molar-refractivity contribution in [3.05, 3.63) is 17.5 Å². The lowest BCUT2D eigenvalue weighted by Gasteiger charge is -1.90. The van der Waals surface area contributed by atoms with Crippen LogP contribution in [0.25, 0.3) is 0 Å². The molecule has 1 aromatic heterocycles. The maximum Gasteiger partial charge on any atom is 0.155 e. The molecule has 0 unspecified atom stereocenters. The first-order valence-corrected chi connectivity index (χ1v) is 2.76. The summed E-state index contributed by atoms with van der Waals surface area (Å²) in [5.74, 6) is 0. The van der Waals surface area contributed by atoms with Gasteiger partial charge in [0.25, 0.3) is 0 Å². The first kappa shape index (κ1) is 6.95. The molecule has 0 saturated heterocycles. The zero-order valence-corrected chi connectivity index (χ0v) is 5.53. The highest BCUT2D eigenvalue weighted by Crippen LogP contribution is 2.03. The highest BCUT2D eigenvalue weighted by molar-refractivity contribution is 5.75. The lowest BCUT2D eigenvalue weighted by molar-refractivity contribution is 0.111. The Morgan fingerprint density at radius 3 is 3.30 bits per heavy atom. The van der Waals surface area contributed by atoms with Crippen molar-refractivity contribution in [3.8, 4) is 0 Å². The minimum atomic E-state index is 0.310. The molecule has 0 amide bonds. The predicted octanol–water partition coefficient (Wildman–Crippen LogP) is 0.634. The van der Waals surface area contributed by atoms with Crippen molar-refractivity contribution < 1.29 is 14.1 Å². The zero-order chi connectivity index (χ0) is 7.40. The van der Waals surface area contributed by atoms with Crippen LogP contribution in [0.5, 0.6) is 0 Å². The lowest BCUT2D eigenvalue weighted by atomic mass is 10.3. The van der Waals surface area contributed by atoms with E-state index >= 15 is 0 Å². The normalized spacial score (nSPS) is 9.70. The molecule has 4 heteroatoms. The molecular weight excluding hydrogens is 134 g/mol. The summed E-state index contributed by atoms with van der Waals surface area (Å²) in [4.78, 5) is 10.2. The Morgan fingerprint density at radius 1 is 1.90 bits per heavy atom. The zero-order valence-electron chi connectivity index (χ0n) is 5.53. The molecule has 0 aliphatic heterocycles. The van der Waals surface area contributed by atoms with E-state index in [0.29, 0.717) is 24.2 Å². The van der Waals surface area contributed by atoms with Gasteiger partial charge in [0.2, 0.25) is 0 Å². The van der Waals surface area contributed by atoms with Crippen molar-refractivity contribution in [2.24, 2.45) is 0 Å². The molecule has 54 valence electrons. The Labute approximate surface area is 57.8 Å². The summed E-state index contributed by atoms with van der Waals surface area (Å²) >= 11 is 0. The second-order valence-corrected chi connectivity index (χ2v) is 1.77. The summed E-state index contributed by atoms with van der Waals surface area (Å²) in [6.07, 6.45) is 1.98. The van der Waals surface area contributed by atoms with Gasteiger partial charge in [-0.3, -0.25) is 4.79 Å².